The molecular weight excluding hydrogens is 284 g/mol. The highest BCUT2D eigenvalue weighted by Crippen LogP contribution is 2.33. The topological polar surface area (TPSA) is 57.6 Å². The number of ketones is 1. The minimum Gasteiger partial charge on any atom is -0.390 e. The number of aliphatic hydroxyl groups excluding tert-OH is 1. The average molecular weight is 292 g/mol. The van der Waals surface area contributed by atoms with Crippen LogP contribution in [0.15, 0.2) is 12.1 Å². The second-order valence-corrected chi connectivity index (χ2v) is 4.55. The lowest BCUT2D eigenvalue weighted by Gasteiger charge is -2.19. The SMILES string of the molecule is O=C1C(=O)N(CC(O)CCl)c2cc(F)c(Cl)cc21. The molecule has 7 heteroatoms. The van der Waals surface area contributed by atoms with Crippen molar-refractivity contribution >= 4 is 40.6 Å². The molecule has 1 amide bonds. The number of nitrogens with zero attached hydrogens (tertiary/aromatic N) is 1. The number of rotatable bonds is 3. The number of anilines is 1. The van der Waals surface area contributed by atoms with Crippen LogP contribution >= 0.6 is 23.2 Å². The van der Waals surface area contributed by atoms with Crippen molar-refractivity contribution in [1.82, 2.24) is 0 Å². The van der Waals surface area contributed by atoms with E-state index in [1.54, 1.807) is 0 Å². The summed E-state index contributed by atoms with van der Waals surface area (Å²) in [5.41, 5.74) is 0.143. The molecule has 0 saturated heterocycles. The maximum atomic E-state index is 13.4. The Morgan fingerprint density at radius 3 is 2.67 bits per heavy atom. The number of carbonyl (C=O) groups excluding carboxylic acids is 2. The molecule has 0 bridgehead atoms. The number of Topliss-reactive ketones (excluding diaryl/α,β-unsaturated/α-hetero) is 1. The van der Waals surface area contributed by atoms with Gasteiger partial charge in [0.2, 0.25) is 0 Å². The summed E-state index contributed by atoms with van der Waals surface area (Å²) in [5, 5.41) is 9.19. The van der Waals surface area contributed by atoms with Crippen molar-refractivity contribution in [3.05, 3.63) is 28.5 Å². The number of halogens is 3. The summed E-state index contributed by atoms with van der Waals surface area (Å²) in [7, 11) is 0. The van der Waals surface area contributed by atoms with E-state index in [0.717, 1.165) is 17.0 Å². The number of fused-ring (bicyclic) bond motifs is 1. The van der Waals surface area contributed by atoms with E-state index in [4.69, 9.17) is 23.2 Å². The van der Waals surface area contributed by atoms with Crippen LogP contribution in [0.3, 0.4) is 0 Å². The molecule has 0 fully saturated rings. The second-order valence-electron chi connectivity index (χ2n) is 3.84. The molecule has 0 aromatic heterocycles. The van der Waals surface area contributed by atoms with Gasteiger partial charge in [0.25, 0.3) is 11.7 Å². The summed E-state index contributed by atoms with van der Waals surface area (Å²) in [6, 6.07) is 2.11. The molecule has 96 valence electrons. The van der Waals surface area contributed by atoms with Crippen LogP contribution in [0, 0.1) is 5.82 Å². The fourth-order valence-electron chi connectivity index (χ4n) is 1.73. The van der Waals surface area contributed by atoms with Crippen molar-refractivity contribution < 1.29 is 19.1 Å². The van der Waals surface area contributed by atoms with Crippen molar-refractivity contribution in [2.45, 2.75) is 6.10 Å². The molecule has 1 aromatic rings. The lowest BCUT2D eigenvalue weighted by Crippen LogP contribution is -2.37. The molecule has 1 N–H and O–H groups in total. The van der Waals surface area contributed by atoms with Crippen molar-refractivity contribution in [1.29, 1.82) is 0 Å². The van der Waals surface area contributed by atoms with Crippen LogP contribution in [0.1, 0.15) is 10.4 Å². The van der Waals surface area contributed by atoms with Crippen LogP contribution in [0.25, 0.3) is 0 Å². The first-order chi connectivity index (χ1) is 8.45. The Morgan fingerprint density at radius 2 is 2.06 bits per heavy atom. The molecule has 1 atom stereocenters. The Bertz CT molecular complexity index is 535. The molecule has 1 aliphatic heterocycles. The zero-order chi connectivity index (χ0) is 13.4. The summed E-state index contributed by atoms with van der Waals surface area (Å²) in [5.74, 6) is -2.42. The monoisotopic (exact) mass is 291 g/mol. The molecular formula is C11H8Cl2FNO3. The number of carbonyl (C=O) groups is 2. The van der Waals surface area contributed by atoms with Crippen molar-refractivity contribution in [3.63, 3.8) is 0 Å². The maximum Gasteiger partial charge on any atom is 0.299 e. The van der Waals surface area contributed by atoms with E-state index in [1.165, 1.54) is 0 Å². The average Bonchev–Trinajstić information content (AvgIpc) is 2.56. The van der Waals surface area contributed by atoms with Gasteiger partial charge in [-0.05, 0) is 12.1 Å². The summed E-state index contributed by atoms with van der Waals surface area (Å²) in [4.78, 5) is 24.4. The lowest BCUT2D eigenvalue weighted by atomic mass is 10.1. The normalized spacial score (nSPS) is 16.1. The fraction of sp³-hybridized carbons (Fsp3) is 0.273. The molecule has 0 saturated carbocycles. The molecule has 1 heterocycles. The highest BCUT2D eigenvalue weighted by atomic mass is 35.5. The number of benzene rings is 1. The predicted octanol–water partition coefficient (Wildman–Crippen LogP) is 1.61. The molecule has 2 rings (SSSR count). The van der Waals surface area contributed by atoms with Crippen LogP contribution in [0.2, 0.25) is 5.02 Å². The van der Waals surface area contributed by atoms with Gasteiger partial charge < -0.3 is 10.0 Å². The minimum absolute atomic E-state index is 0.0353. The van der Waals surface area contributed by atoms with E-state index < -0.39 is 23.6 Å². The van der Waals surface area contributed by atoms with Gasteiger partial charge in [-0.2, -0.15) is 0 Å². The number of amides is 1. The van der Waals surface area contributed by atoms with Crippen LogP contribution in [0.5, 0.6) is 0 Å². The van der Waals surface area contributed by atoms with E-state index >= 15 is 0 Å². The number of aliphatic hydroxyl groups is 1. The zero-order valence-electron chi connectivity index (χ0n) is 8.99. The van der Waals surface area contributed by atoms with Gasteiger partial charge in [-0.25, -0.2) is 4.39 Å². The highest BCUT2D eigenvalue weighted by molar-refractivity contribution is 6.52. The van der Waals surface area contributed by atoms with Crippen molar-refractivity contribution in [2.75, 3.05) is 17.3 Å². The van der Waals surface area contributed by atoms with Crippen LogP contribution in [-0.4, -0.2) is 35.3 Å². The van der Waals surface area contributed by atoms with Gasteiger partial charge in [0, 0.05) is 0 Å². The summed E-state index contributed by atoms with van der Waals surface area (Å²) in [6.45, 7) is -0.165. The van der Waals surface area contributed by atoms with E-state index in [0.29, 0.717) is 0 Å². The Kier molecular flexibility index (Phi) is 3.56. The third-order valence-corrected chi connectivity index (χ3v) is 3.23. The van der Waals surface area contributed by atoms with Gasteiger partial charge in [-0.15, -0.1) is 11.6 Å². The van der Waals surface area contributed by atoms with Crippen LogP contribution in [0.4, 0.5) is 10.1 Å². The van der Waals surface area contributed by atoms with Crippen LogP contribution < -0.4 is 4.90 Å². The van der Waals surface area contributed by atoms with Gasteiger partial charge in [0.1, 0.15) is 5.82 Å². The van der Waals surface area contributed by atoms with E-state index in [1.807, 2.05) is 0 Å². The smallest absolute Gasteiger partial charge is 0.299 e. The first-order valence-corrected chi connectivity index (χ1v) is 5.96. The first-order valence-electron chi connectivity index (χ1n) is 5.05. The van der Waals surface area contributed by atoms with Gasteiger partial charge in [0.15, 0.2) is 0 Å². The Hall–Kier alpha value is -1.17. The van der Waals surface area contributed by atoms with Crippen molar-refractivity contribution in [3.8, 4) is 0 Å². The van der Waals surface area contributed by atoms with Gasteiger partial charge in [-0.1, -0.05) is 11.6 Å². The molecule has 1 aromatic carbocycles. The minimum atomic E-state index is -0.992. The maximum absolute atomic E-state index is 13.4. The molecule has 0 spiro atoms. The number of alkyl halides is 1. The van der Waals surface area contributed by atoms with Crippen LogP contribution in [-0.2, 0) is 4.79 Å². The fourth-order valence-corrected chi connectivity index (χ4v) is 1.99. The van der Waals surface area contributed by atoms with E-state index in [-0.39, 0.29) is 28.7 Å². The standard InChI is InChI=1S/C11H8Cl2FNO3/c12-3-5(16)4-15-9-2-8(14)7(13)1-6(9)10(17)11(15)18/h1-2,5,16H,3-4H2. The number of hydrogen-bond donors (Lipinski definition) is 1. The third-order valence-electron chi connectivity index (χ3n) is 2.58. The first kappa shape index (κ1) is 13.3. The largest absolute Gasteiger partial charge is 0.390 e. The quantitative estimate of drug-likeness (QED) is 0.680. The predicted molar refractivity (Wildman–Crippen MR) is 64.8 cm³/mol. The molecule has 0 radical (unpaired) electrons. The number of hydrogen-bond acceptors (Lipinski definition) is 3. The highest BCUT2D eigenvalue weighted by Gasteiger charge is 2.37. The Labute approximate surface area is 112 Å². The summed E-state index contributed by atoms with van der Waals surface area (Å²) < 4.78 is 13.4. The van der Waals surface area contributed by atoms with E-state index in [2.05, 4.69) is 0 Å². The molecule has 0 aliphatic carbocycles. The Balaban J connectivity index is 2.45. The van der Waals surface area contributed by atoms with Gasteiger partial charge >= 0.3 is 0 Å². The molecule has 1 aliphatic rings. The molecule has 1 unspecified atom stereocenters. The zero-order valence-corrected chi connectivity index (χ0v) is 10.5. The lowest BCUT2D eigenvalue weighted by molar-refractivity contribution is -0.114. The van der Waals surface area contributed by atoms with E-state index in [9.17, 15) is 19.1 Å². The van der Waals surface area contributed by atoms with Crippen molar-refractivity contribution in [2.24, 2.45) is 0 Å². The van der Waals surface area contributed by atoms with Gasteiger partial charge in [-0.3, -0.25) is 9.59 Å². The molecule has 18 heavy (non-hydrogen) atoms. The third kappa shape index (κ3) is 2.09. The second kappa shape index (κ2) is 4.84. The van der Waals surface area contributed by atoms with Gasteiger partial charge in [0.05, 0.1) is 34.8 Å². The summed E-state index contributed by atoms with van der Waals surface area (Å²) >= 11 is 11.0. The Morgan fingerprint density at radius 1 is 1.39 bits per heavy atom. The number of β-amino-alcohol motifs (C(OH)–C–C–N with tert-alkyl or cyclic N) is 1. The summed E-state index contributed by atoms with van der Waals surface area (Å²) in [6.07, 6.45) is -0.992. The molecule has 4 nitrogen and oxygen atoms in total.